The van der Waals surface area contributed by atoms with Gasteiger partial charge < -0.3 is 15.0 Å². The van der Waals surface area contributed by atoms with E-state index in [9.17, 15) is 0 Å². The molecule has 0 atom stereocenters. The molecular formula is C15H26N4OS. The fourth-order valence-corrected chi connectivity index (χ4v) is 3.08. The zero-order valence-corrected chi connectivity index (χ0v) is 14.1. The monoisotopic (exact) mass is 310 g/mol. The molecule has 2 heterocycles. The van der Waals surface area contributed by atoms with Crippen LogP contribution in [0.2, 0.25) is 0 Å². The number of anilines is 1. The van der Waals surface area contributed by atoms with Crippen molar-refractivity contribution in [3.63, 3.8) is 0 Å². The first kappa shape index (κ1) is 16.3. The van der Waals surface area contributed by atoms with Gasteiger partial charge in [0.25, 0.3) is 0 Å². The second kappa shape index (κ2) is 8.36. The Labute approximate surface area is 130 Å². The SMILES string of the molecule is CCCNCc1c(N(CC)CCOCC)nc2sccn12. The summed E-state index contributed by atoms with van der Waals surface area (Å²) in [5.41, 5.74) is 1.25. The van der Waals surface area contributed by atoms with E-state index in [2.05, 4.69) is 40.0 Å². The van der Waals surface area contributed by atoms with Gasteiger partial charge in [-0.1, -0.05) is 6.92 Å². The molecule has 0 bridgehead atoms. The van der Waals surface area contributed by atoms with Crippen LogP contribution < -0.4 is 10.2 Å². The van der Waals surface area contributed by atoms with Crippen LogP contribution in [0.15, 0.2) is 11.6 Å². The lowest BCUT2D eigenvalue weighted by Gasteiger charge is -2.22. The van der Waals surface area contributed by atoms with E-state index in [0.29, 0.717) is 0 Å². The average molecular weight is 310 g/mol. The minimum atomic E-state index is 0.747. The fraction of sp³-hybridized carbons (Fsp3) is 0.667. The molecule has 0 fully saturated rings. The predicted octanol–water partition coefficient (Wildman–Crippen LogP) is 2.76. The first-order valence-electron chi connectivity index (χ1n) is 7.79. The van der Waals surface area contributed by atoms with Crippen LogP contribution >= 0.6 is 11.3 Å². The summed E-state index contributed by atoms with van der Waals surface area (Å²) in [6, 6.07) is 0. The standard InChI is InChI=1S/C15H26N4OS/c1-4-7-16-12-13-14(17-15-19(13)9-11-21-15)18(5-2)8-10-20-6-3/h9,11,16H,4-8,10,12H2,1-3H3. The van der Waals surface area contributed by atoms with Crippen molar-refractivity contribution in [2.75, 3.05) is 37.7 Å². The van der Waals surface area contributed by atoms with Crippen LogP contribution in [0.1, 0.15) is 32.9 Å². The van der Waals surface area contributed by atoms with Crippen LogP contribution in [0.5, 0.6) is 0 Å². The molecule has 0 saturated carbocycles. The highest BCUT2D eigenvalue weighted by molar-refractivity contribution is 7.15. The Bertz CT molecular complexity index is 537. The molecule has 6 heteroatoms. The van der Waals surface area contributed by atoms with E-state index in [-0.39, 0.29) is 0 Å². The molecule has 2 rings (SSSR count). The minimum absolute atomic E-state index is 0.747. The van der Waals surface area contributed by atoms with Crippen molar-refractivity contribution in [3.05, 3.63) is 17.3 Å². The topological polar surface area (TPSA) is 41.8 Å². The zero-order chi connectivity index (χ0) is 15.1. The van der Waals surface area contributed by atoms with E-state index in [1.807, 2.05) is 6.92 Å². The maximum Gasteiger partial charge on any atom is 0.195 e. The molecule has 118 valence electrons. The van der Waals surface area contributed by atoms with Crippen molar-refractivity contribution in [1.82, 2.24) is 14.7 Å². The number of thiazole rings is 1. The third-order valence-electron chi connectivity index (χ3n) is 3.45. The van der Waals surface area contributed by atoms with Crippen LogP contribution in [0.25, 0.3) is 4.96 Å². The molecule has 0 aromatic carbocycles. The molecular weight excluding hydrogens is 284 g/mol. The van der Waals surface area contributed by atoms with Gasteiger partial charge in [-0.05, 0) is 26.8 Å². The summed E-state index contributed by atoms with van der Waals surface area (Å²) in [6.07, 6.45) is 3.25. The van der Waals surface area contributed by atoms with Crippen molar-refractivity contribution < 1.29 is 4.74 Å². The summed E-state index contributed by atoms with van der Waals surface area (Å²) in [4.78, 5) is 8.18. The second-order valence-electron chi connectivity index (χ2n) is 4.89. The van der Waals surface area contributed by atoms with Crippen LogP contribution in [-0.4, -0.2) is 42.2 Å². The average Bonchev–Trinajstić information content (AvgIpc) is 3.06. The lowest BCUT2D eigenvalue weighted by atomic mass is 10.3. The van der Waals surface area contributed by atoms with E-state index >= 15 is 0 Å². The summed E-state index contributed by atoms with van der Waals surface area (Å²) >= 11 is 1.68. The summed E-state index contributed by atoms with van der Waals surface area (Å²) in [5.74, 6) is 1.09. The molecule has 0 amide bonds. The molecule has 21 heavy (non-hydrogen) atoms. The van der Waals surface area contributed by atoms with Crippen LogP contribution in [0, 0.1) is 0 Å². The van der Waals surface area contributed by atoms with Crippen LogP contribution in [0.3, 0.4) is 0 Å². The number of imidazole rings is 1. The van der Waals surface area contributed by atoms with Gasteiger partial charge in [0.2, 0.25) is 0 Å². The Balaban J connectivity index is 2.18. The molecule has 2 aromatic rings. The van der Waals surface area contributed by atoms with Crippen LogP contribution in [0.4, 0.5) is 5.82 Å². The Morgan fingerprint density at radius 2 is 2.24 bits per heavy atom. The van der Waals surface area contributed by atoms with Gasteiger partial charge in [-0.25, -0.2) is 4.98 Å². The normalized spacial score (nSPS) is 11.4. The summed E-state index contributed by atoms with van der Waals surface area (Å²) in [5, 5.41) is 5.58. The van der Waals surface area contributed by atoms with Crippen LogP contribution in [-0.2, 0) is 11.3 Å². The molecule has 0 saturated heterocycles. The summed E-state index contributed by atoms with van der Waals surface area (Å²) in [7, 11) is 0. The van der Waals surface area contributed by atoms with E-state index < -0.39 is 0 Å². The lowest BCUT2D eigenvalue weighted by molar-refractivity contribution is 0.154. The number of ether oxygens (including phenoxy) is 1. The van der Waals surface area contributed by atoms with Gasteiger partial charge in [-0.3, -0.25) is 4.40 Å². The lowest BCUT2D eigenvalue weighted by Crippen LogP contribution is -2.29. The highest BCUT2D eigenvalue weighted by atomic mass is 32.1. The minimum Gasteiger partial charge on any atom is -0.380 e. The van der Waals surface area contributed by atoms with Gasteiger partial charge in [0.1, 0.15) is 0 Å². The molecule has 0 aliphatic heterocycles. The summed E-state index contributed by atoms with van der Waals surface area (Å²) in [6.45, 7) is 11.6. The van der Waals surface area contributed by atoms with Gasteiger partial charge >= 0.3 is 0 Å². The number of likely N-dealkylation sites (N-methyl/N-ethyl adjacent to an activating group) is 1. The second-order valence-corrected chi connectivity index (χ2v) is 5.76. The van der Waals surface area contributed by atoms with Gasteiger partial charge in [0.05, 0.1) is 12.3 Å². The first-order chi connectivity index (χ1) is 10.3. The number of hydrogen-bond acceptors (Lipinski definition) is 5. The Morgan fingerprint density at radius 1 is 1.38 bits per heavy atom. The number of rotatable bonds is 10. The molecule has 5 nitrogen and oxygen atoms in total. The van der Waals surface area contributed by atoms with Gasteiger partial charge in [0, 0.05) is 37.8 Å². The van der Waals surface area contributed by atoms with Crippen molar-refractivity contribution in [3.8, 4) is 0 Å². The maximum absolute atomic E-state index is 5.49. The molecule has 1 N–H and O–H groups in total. The number of nitrogens with one attached hydrogen (secondary N) is 1. The Morgan fingerprint density at radius 3 is 2.95 bits per heavy atom. The third-order valence-corrected chi connectivity index (χ3v) is 4.21. The first-order valence-corrected chi connectivity index (χ1v) is 8.67. The van der Waals surface area contributed by atoms with E-state index in [0.717, 1.165) is 56.6 Å². The van der Waals surface area contributed by atoms with Crippen molar-refractivity contribution in [1.29, 1.82) is 0 Å². The van der Waals surface area contributed by atoms with Gasteiger partial charge in [-0.15, -0.1) is 11.3 Å². The molecule has 0 aliphatic carbocycles. The quantitative estimate of drug-likeness (QED) is 0.685. The number of nitrogens with zero attached hydrogens (tertiary/aromatic N) is 3. The molecule has 0 unspecified atom stereocenters. The van der Waals surface area contributed by atoms with E-state index in [1.54, 1.807) is 11.3 Å². The van der Waals surface area contributed by atoms with E-state index in [4.69, 9.17) is 9.72 Å². The van der Waals surface area contributed by atoms with Gasteiger partial charge in [0.15, 0.2) is 10.8 Å². The Kier molecular flexibility index (Phi) is 6.48. The van der Waals surface area contributed by atoms with Gasteiger partial charge in [-0.2, -0.15) is 0 Å². The molecule has 2 aromatic heterocycles. The maximum atomic E-state index is 5.49. The predicted molar refractivity (Wildman–Crippen MR) is 89.4 cm³/mol. The summed E-state index contributed by atoms with van der Waals surface area (Å²) < 4.78 is 7.69. The largest absolute Gasteiger partial charge is 0.380 e. The zero-order valence-electron chi connectivity index (χ0n) is 13.3. The smallest absolute Gasteiger partial charge is 0.195 e. The highest BCUT2D eigenvalue weighted by Crippen LogP contribution is 2.24. The molecule has 0 radical (unpaired) electrons. The van der Waals surface area contributed by atoms with Crippen molar-refractivity contribution in [2.24, 2.45) is 0 Å². The number of fused-ring (bicyclic) bond motifs is 1. The number of hydrogen-bond donors (Lipinski definition) is 1. The molecule has 0 spiro atoms. The number of aromatic nitrogens is 2. The molecule has 0 aliphatic rings. The highest BCUT2D eigenvalue weighted by Gasteiger charge is 2.17. The Hall–Kier alpha value is -1.11. The van der Waals surface area contributed by atoms with E-state index in [1.165, 1.54) is 5.69 Å². The third kappa shape index (κ3) is 3.96. The van der Waals surface area contributed by atoms with Crippen molar-refractivity contribution >= 4 is 22.1 Å². The fourth-order valence-electron chi connectivity index (χ4n) is 2.36. The van der Waals surface area contributed by atoms with Crippen molar-refractivity contribution in [2.45, 2.75) is 33.7 Å².